The summed E-state index contributed by atoms with van der Waals surface area (Å²) < 4.78 is 22.2. The van der Waals surface area contributed by atoms with E-state index in [0.717, 1.165) is 35.5 Å². The highest BCUT2D eigenvalue weighted by atomic mass is 16.5. The number of fused-ring (bicyclic) bond motifs is 1. The Balaban J connectivity index is 1.90. The first-order valence-electron chi connectivity index (χ1n) is 9.92. The molecule has 0 aromatic heterocycles. The number of ether oxygens (including phenoxy) is 4. The lowest BCUT2D eigenvalue weighted by Crippen LogP contribution is -2.42. The molecule has 1 heterocycles. The molecule has 0 saturated carbocycles. The first-order valence-corrected chi connectivity index (χ1v) is 9.92. The van der Waals surface area contributed by atoms with Gasteiger partial charge in [0.25, 0.3) is 0 Å². The van der Waals surface area contributed by atoms with Crippen LogP contribution >= 0.6 is 0 Å². The van der Waals surface area contributed by atoms with Crippen LogP contribution in [-0.2, 0) is 11.2 Å². The van der Waals surface area contributed by atoms with Gasteiger partial charge < -0.3 is 23.8 Å². The maximum absolute atomic E-state index is 12.8. The third-order valence-corrected chi connectivity index (χ3v) is 5.25. The Morgan fingerprint density at radius 1 is 1.00 bits per heavy atom. The number of rotatable bonds is 8. The molecular formula is C23H29NO5. The molecule has 1 aliphatic rings. The lowest BCUT2D eigenvalue weighted by Gasteiger charge is -2.37. The lowest BCUT2D eigenvalue weighted by molar-refractivity contribution is -0.135. The number of methoxy groups -OCH3 is 3. The quantitative estimate of drug-likeness (QED) is 0.671. The molecule has 6 heteroatoms. The number of benzene rings is 2. The molecule has 0 saturated heterocycles. The molecule has 0 N–H and O–H groups in total. The van der Waals surface area contributed by atoms with Crippen LogP contribution in [0.1, 0.15) is 36.9 Å². The highest BCUT2D eigenvalue weighted by Gasteiger charge is 2.32. The van der Waals surface area contributed by atoms with Crippen LogP contribution in [0.2, 0.25) is 0 Å². The fraction of sp³-hybridized carbons (Fsp3) is 0.435. The van der Waals surface area contributed by atoms with E-state index in [9.17, 15) is 4.79 Å². The number of amides is 1. The molecule has 0 aliphatic carbocycles. The third kappa shape index (κ3) is 4.58. The molecule has 156 valence electrons. The van der Waals surface area contributed by atoms with Crippen molar-refractivity contribution in [3.05, 3.63) is 47.5 Å². The minimum absolute atomic E-state index is 0.149. The van der Waals surface area contributed by atoms with Crippen LogP contribution in [0.25, 0.3) is 0 Å². The minimum Gasteiger partial charge on any atom is -0.497 e. The second kappa shape index (κ2) is 9.54. The largest absolute Gasteiger partial charge is 0.497 e. The van der Waals surface area contributed by atoms with Gasteiger partial charge in [0, 0.05) is 13.0 Å². The molecule has 0 spiro atoms. The molecule has 1 amide bonds. The Kier molecular flexibility index (Phi) is 6.86. The maximum atomic E-state index is 12.8. The molecule has 0 radical (unpaired) electrons. The maximum Gasteiger partial charge on any atom is 0.223 e. The van der Waals surface area contributed by atoms with E-state index in [-0.39, 0.29) is 11.9 Å². The van der Waals surface area contributed by atoms with Crippen LogP contribution in [0.5, 0.6) is 23.0 Å². The Hall–Kier alpha value is -2.89. The summed E-state index contributed by atoms with van der Waals surface area (Å²) in [4.78, 5) is 14.7. The predicted molar refractivity (Wildman–Crippen MR) is 111 cm³/mol. The molecule has 2 aromatic rings. The van der Waals surface area contributed by atoms with Crippen LogP contribution in [0.3, 0.4) is 0 Å². The SMILES string of the molecule is CCCC(=O)N1CCc2cc(OC)c(OC)cc2C1COc1ccc(OC)cc1. The lowest BCUT2D eigenvalue weighted by atomic mass is 9.91. The zero-order valence-electron chi connectivity index (χ0n) is 17.6. The number of hydrogen-bond acceptors (Lipinski definition) is 5. The molecule has 6 nitrogen and oxygen atoms in total. The molecule has 2 aromatic carbocycles. The van der Waals surface area contributed by atoms with E-state index in [2.05, 4.69) is 0 Å². The summed E-state index contributed by atoms with van der Waals surface area (Å²) in [5.41, 5.74) is 2.21. The summed E-state index contributed by atoms with van der Waals surface area (Å²) in [6.07, 6.45) is 2.13. The monoisotopic (exact) mass is 399 g/mol. The summed E-state index contributed by atoms with van der Waals surface area (Å²) in [7, 11) is 4.89. The Morgan fingerprint density at radius 2 is 1.66 bits per heavy atom. The zero-order valence-corrected chi connectivity index (χ0v) is 17.6. The van der Waals surface area contributed by atoms with Crippen LogP contribution in [0, 0.1) is 0 Å². The first kappa shape index (κ1) is 20.8. The van der Waals surface area contributed by atoms with Gasteiger partial charge in [0.2, 0.25) is 5.91 Å². The van der Waals surface area contributed by atoms with Crippen LogP contribution in [0.4, 0.5) is 0 Å². The van der Waals surface area contributed by atoms with Gasteiger partial charge in [-0.2, -0.15) is 0 Å². The third-order valence-electron chi connectivity index (χ3n) is 5.25. The summed E-state index contributed by atoms with van der Waals surface area (Å²) in [5.74, 6) is 3.02. The van der Waals surface area contributed by atoms with Gasteiger partial charge in [-0.1, -0.05) is 6.92 Å². The molecule has 0 bridgehead atoms. The van der Waals surface area contributed by atoms with Crippen molar-refractivity contribution in [3.63, 3.8) is 0 Å². The van der Waals surface area contributed by atoms with Gasteiger partial charge in [-0.15, -0.1) is 0 Å². The van der Waals surface area contributed by atoms with Crippen molar-refractivity contribution in [2.24, 2.45) is 0 Å². The van der Waals surface area contributed by atoms with Crippen LogP contribution in [0.15, 0.2) is 36.4 Å². The van der Waals surface area contributed by atoms with Gasteiger partial charge in [0.15, 0.2) is 11.5 Å². The fourth-order valence-corrected chi connectivity index (χ4v) is 3.71. The Morgan fingerprint density at radius 3 is 2.28 bits per heavy atom. The Labute approximate surface area is 172 Å². The van der Waals surface area contributed by atoms with Gasteiger partial charge in [-0.05, 0) is 60.4 Å². The van der Waals surface area contributed by atoms with E-state index >= 15 is 0 Å². The normalized spacial score (nSPS) is 15.4. The summed E-state index contributed by atoms with van der Waals surface area (Å²) >= 11 is 0. The van der Waals surface area contributed by atoms with Crippen molar-refractivity contribution in [2.45, 2.75) is 32.2 Å². The van der Waals surface area contributed by atoms with Gasteiger partial charge >= 0.3 is 0 Å². The molecule has 1 atom stereocenters. The van der Waals surface area contributed by atoms with E-state index in [1.807, 2.05) is 48.2 Å². The van der Waals surface area contributed by atoms with Crippen molar-refractivity contribution < 1.29 is 23.7 Å². The molecule has 1 unspecified atom stereocenters. The molecule has 1 aliphatic heterocycles. The Bertz CT molecular complexity index is 834. The average molecular weight is 399 g/mol. The van der Waals surface area contributed by atoms with E-state index in [0.29, 0.717) is 31.1 Å². The van der Waals surface area contributed by atoms with E-state index in [1.54, 1.807) is 21.3 Å². The van der Waals surface area contributed by atoms with Gasteiger partial charge in [-0.25, -0.2) is 0 Å². The molecule has 29 heavy (non-hydrogen) atoms. The number of carbonyl (C=O) groups is 1. The summed E-state index contributed by atoms with van der Waals surface area (Å²) in [6, 6.07) is 11.3. The molecular weight excluding hydrogens is 370 g/mol. The summed E-state index contributed by atoms with van der Waals surface area (Å²) in [6.45, 7) is 3.05. The fourth-order valence-electron chi connectivity index (χ4n) is 3.71. The smallest absolute Gasteiger partial charge is 0.223 e. The van der Waals surface area contributed by atoms with Crippen LogP contribution in [-0.4, -0.2) is 45.3 Å². The standard InChI is InChI=1S/C23H29NO5/c1-5-6-23(25)24-12-11-16-13-21(27-3)22(28-4)14-19(16)20(24)15-29-18-9-7-17(26-2)8-10-18/h7-10,13-14,20H,5-6,11-12,15H2,1-4H3. The van der Waals surface area contributed by atoms with Crippen LogP contribution < -0.4 is 18.9 Å². The number of carbonyl (C=O) groups excluding carboxylic acids is 1. The van der Waals surface area contributed by atoms with Gasteiger partial charge in [-0.3, -0.25) is 4.79 Å². The first-order chi connectivity index (χ1) is 14.1. The van der Waals surface area contributed by atoms with Crippen molar-refractivity contribution in [1.82, 2.24) is 4.90 Å². The predicted octanol–water partition coefficient (Wildman–Crippen LogP) is 4.02. The second-order valence-corrected chi connectivity index (χ2v) is 7.00. The van der Waals surface area contributed by atoms with E-state index in [4.69, 9.17) is 18.9 Å². The van der Waals surface area contributed by atoms with E-state index in [1.165, 1.54) is 0 Å². The molecule has 3 rings (SSSR count). The summed E-state index contributed by atoms with van der Waals surface area (Å²) in [5, 5.41) is 0. The molecule has 0 fully saturated rings. The second-order valence-electron chi connectivity index (χ2n) is 7.00. The van der Waals surface area contributed by atoms with Gasteiger partial charge in [0.05, 0.1) is 27.4 Å². The average Bonchev–Trinajstić information content (AvgIpc) is 2.76. The zero-order chi connectivity index (χ0) is 20.8. The van der Waals surface area contributed by atoms with Gasteiger partial charge in [0.1, 0.15) is 18.1 Å². The van der Waals surface area contributed by atoms with Crippen molar-refractivity contribution in [2.75, 3.05) is 34.5 Å². The highest BCUT2D eigenvalue weighted by molar-refractivity contribution is 5.77. The van der Waals surface area contributed by atoms with Crippen molar-refractivity contribution >= 4 is 5.91 Å². The van der Waals surface area contributed by atoms with Crippen molar-refractivity contribution in [3.8, 4) is 23.0 Å². The van der Waals surface area contributed by atoms with Crippen molar-refractivity contribution in [1.29, 1.82) is 0 Å². The topological polar surface area (TPSA) is 57.2 Å². The number of nitrogens with zero attached hydrogens (tertiary/aromatic N) is 1. The number of hydrogen-bond donors (Lipinski definition) is 0. The van der Waals surface area contributed by atoms with E-state index < -0.39 is 0 Å². The minimum atomic E-state index is -0.181. The highest BCUT2D eigenvalue weighted by Crippen LogP contribution is 2.38.